The Morgan fingerprint density at radius 3 is 2.65 bits per heavy atom. The number of hydrogen-bond donors (Lipinski definition) is 2. The summed E-state index contributed by atoms with van der Waals surface area (Å²) in [6.45, 7) is 8.19. The molecule has 1 aromatic heterocycles. The zero-order valence-electron chi connectivity index (χ0n) is 14.6. The fourth-order valence-corrected chi connectivity index (χ4v) is 2.75. The van der Waals surface area contributed by atoms with Gasteiger partial charge in [0.2, 0.25) is 0 Å². The van der Waals surface area contributed by atoms with Crippen LogP contribution in [-0.2, 0) is 14.9 Å². The van der Waals surface area contributed by atoms with Gasteiger partial charge in [-0.1, -0.05) is 19.9 Å². The monoisotopic (exact) mass is 455 g/mol. The Hall–Kier alpha value is -0.380. The minimum atomic E-state index is 0. The predicted octanol–water partition coefficient (Wildman–Crippen LogP) is 2.86. The largest absolute Gasteiger partial charge is 0.382 e. The van der Waals surface area contributed by atoms with Crippen LogP contribution in [0.5, 0.6) is 0 Å². The maximum Gasteiger partial charge on any atom is 0.191 e. The van der Waals surface area contributed by atoms with Gasteiger partial charge >= 0.3 is 0 Å². The van der Waals surface area contributed by atoms with Crippen molar-refractivity contribution < 1.29 is 9.47 Å². The lowest BCUT2D eigenvalue weighted by Gasteiger charge is -2.25. The molecule has 0 saturated heterocycles. The third-order valence-electron chi connectivity index (χ3n) is 3.30. The van der Waals surface area contributed by atoms with E-state index in [2.05, 4.69) is 47.0 Å². The molecule has 0 radical (unpaired) electrons. The molecule has 0 spiro atoms. The van der Waals surface area contributed by atoms with Gasteiger partial charge in [0.25, 0.3) is 0 Å². The molecule has 7 heteroatoms. The number of thiophene rings is 1. The molecule has 0 aliphatic heterocycles. The number of nitrogens with zero attached hydrogens (tertiary/aromatic N) is 1. The first-order valence-corrected chi connectivity index (χ1v) is 8.53. The molecule has 2 N–H and O–H groups in total. The van der Waals surface area contributed by atoms with Crippen LogP contribution in [-0.4, -0.2) is 53.0 Å². The molecular formula is C16H30IN3O2S. The van der Waals surface area contributed by atoms with Crippen LogP contribution in [0.25, 0.3) is 0 Å². The van der Waals surface area contributed by atoms with Gasteiger partial charge in [-0.3, -0.25) is 4.99 Å². The smallest absolute Gasteiger partial charge is 0.191 e. The number of halogens is 1. The summed E-state index contributed by atoms with van der Waals surface area (Å²) in [5.74, 6) is 0.835. The third-order valence-corrected chi connectivity index (χ3v) is 4.54. The number of hydrogen-bond acceptors (Lipinski definition) is 4. The van der Waals surface area contributed by atoms with Crippen LogP contribution in [0.2, 0.25) is 0 Å². The van der Waals surface area contributed by atoms with Gasteiger partial charge in [0, 0.05) is 44.1 Å². The van der Waals surface area contributed by atoms with Gasteiger partial charge in [0.15, 0.2) is 5.96 Å². The third kappa shape index (κ3) is 9.49. The highest BCUT2D eigenvalue weighted by molar-refractivity contribution is 14.0. The van der Waals surface area contributed by atoms with Crippen LogP contribution < -0.4 is 10.6 Å². The van der Waals surface area contributed by atoms with E-state index in [1.54, 1.807) is 25.5 Å². The summed E-state index contributed by atoms with van der Waals surface area (Å²) in [4.78, 5) is 5.63. The summed E-state index contributed by atoms with van der Waals surface area (Å²) in [6.07, 6.45) is 0.943. The molecule has 134 valence electrons. The van der Waals surface area contributed by atoms with E-state index in [1.807, 2.05) is 0 Å². The molecule has 0 atom stereocenters. The molecule has 0 bridgehead atoms. The van der Waals surface area contributed by atoms with Crippen LogP contribution in [0.15, 0.2) is 22.5 Å². The Morgan fingerprint density at radius 2 is 2.04 bits per heavy atom. The number of rotatable bonds is 10. The molecule has 0 aromatic carbocycles. The van der Waals surface area contributed by atoms with Crippen molar-refractivity contribution in [1.82, 2.24) is 10.6 Å². The zero-order chi connectivity index (χ0) is 16.3. The van der Waals surface area contributed by atoms with Gasteiger partial charge < -0.3 is 20.1 Å². The van der Waals surface area contributed by atoms with E-state index in [0.29, 0.717) is 13.2 Å². The van der Waals surface area contributed by atoms with E-state index in [1.165, 1.54) is 4.88 Å². The van der Waals surface area contributed by atoms with Crippen molar-refractivity contribution in [1.29, 1.82) is 0 Å². The summed E-state index contributed by atoms with van der Waals surface area (Å²) in [5, 5.41) is 8.82. The maximum atomic E-state index is 5.43. The van der Waals surface area contributed by atoms with Crippen molar-refractivity contribution in [3.63, 3.8) is 0 Å². The molecule has 1 heterocycles. The van der Waals surface area contributed by atoms with Gasteiger partial charge in [-0.05, 0) is 17.9 Å². The number of aliphatic imine (C=N–C) groups is 1. The lowest BCUT2D eigenvalue weighted by molar-refractivity contribution is 0.0698. The maximum absolute atomic E-state index is 5.43. The molecular weight excluding hydrogens is 425 g/mol. The molecule has 0 unspecified atom stereocenters. The van der Waals surface area contributed by atoms with Crippen LogP contribution in [0.1, 0.15) is 25.1 Å². The second kappa shape index (κ2) is 13.0. The molecule has 0 saturated carbocycles. The Morgan fingerprint density at radius 1 is 1.26 bits per heavy atom. The summed E-state index contributed by atoms with van der Waals surface area (Å²) < 4.78 is 10.4. The van der Waals surface area contributed by atoms with E-state index in [0.717, 1.165) is 32.1 Å². The van der Waals surface area contributed by atoms with Crippen LogP contribution in [0, 0.1) is 0 Å². The molecule has 0 fully saturated rings. The molecule has 1 aromatic rings. The summed E-state index contributed by atoms with van der Waals surface area (Å²) >= 11 is 1.79. The lowest BCUT2D eigenvalue weighted by Crippen LogP contribution is -2.43. The Kier molecular flexibility index (Phi) is 12.8. The van der Waals surface area contributed by atoms with E-state index in [9.17, 15) is 0 Å². The van der Waals surface area contributed by atoms with Crippen LogP contribution in [0.3, 0.4) is 0 Å². The number of guanidine groups is 1. The van der Waals surface area contributed by atoms with Gasteiger partial charge in [0.05, 0.1) is 13.2 Å². The first-order chi connectivity index (χ1) is 10.6. The molecule has 0 aliphatic carbocycles. The fourth-order valence-electron chi connectivity index (χ4n) is 1.90. The molecule has 5 nitrogen and oxygen atoms in total. The average molecular weight is 455 g/mol. The summed E-state index contributed by atoms with van der Waals surface area (Å²) in [7, 11) is 3.47. The number of methoxy groups -OCH3 is 1. The second-order valence-electron chi connectivity index (χ2n) is 5.67. The molecule has 23 heavy (non-hydrogen) atoms. The summed E-state index contributed by atoms with van der Waals surface area (Å²) in [6, 6.07) is 4.28. The fraction of sp³-hybridized carbons (Fsp3) is 0.688. The first-order valence-electron chi connectivity index (χ1n) is 7.65. The van der Waals surface area contributed by atoms with Gasteiger partial charge in [-0.15, -0.1) is 35.3 Å². The van der Waals surface area contributed by atoms with E-state index >= 15 is 0 Å². The van der Waals surface area contributed by atoms with Gasteiger partial charge in [0.1, 0.15) is 0 Å². The average Bonchev–Trinajstić information content (AvgIpc) is 3.04. The Bertz CT molecular complexity index is 425. The van der Waals surface area contributed by atoms with Crippen molar-refractivity contribution in [3.8, 4) is 0 Å². The zero-order valence-corrected chi connectivity index (χ0v) is 17.7. The highest BCUT2D eigenvalue weighted by atomic mass is 127. The molecule has 0 amide bonds. The first kappa shape index (κ1) is 22.6. The van der Waals surface area contributed by atoms with E-state index < -0.39 is 0 Å². The highest BCUT2D eigenvalue weighted by Crippen LogP contribution is 2.26. The van der Waals surface area contributed by atoms with Crippen molar-refractivity contribution >= 4 is 41.3 Å². The number of nitrogens with one attached hydrogen (secondary N) is 2. The van der Waals surface area contributed by atoms with Crippen molar-refractivity contribution in [3.05, 3.63) is 22.4 Å². The molecule has 1 rings (SSSR count). The van der Waals surface area contributed by atoms with Crippen LogP contribution >= 0.6 is 35.3 Å². The summed E-state index contributed by atoms with van der Waals surface area (Å²) in [5.41, 5.74) is 0.0923. The highest BCUT2D eigenvalue weighted by Gasteiger charge is 2.21. The SMILES string of the molecule is CN=C(NCCCOCCOC)NCC(C)(C)c1cccs1.I. The Labute approximate surface area is 161 Å². The molecule has 0 aliphatic rings. The topological polar surface area (TPSA) is 54.9 Å². The van der Waals surface area contributed by atoms with Crippen molar-refractivity contribution in [2.24, 2.45) is 4.99 Å². The van der Waals surface area contributed by atoms with Crippen molar-refractivity contribution in [2.75, 3.05) is 47.1 Å². The van der Waals surface area contributed by atoms with Crippen LogP contribution in [0.4, 0.5) is 0 Å². The van der Waals surface area contributed by atoms with Crippen molar-refractivity contribution in [2.45, 2.75) is 25.7 Å². The minimum Gasteiger partial charge on any atom is -0.382 e. The Balaban J connectivity index is 0.00000484. The minimum absolute atomic E-state index is 0. The van der Waals surface area contributed by atoms with Gasteiger partial charge in [-0.2, -0.15) is 0 Å². The van der Waals surface area contributed by atoms with E-state index in [-0.39, 0.29) is 29.4 Å². The van der Waals surface area contributed by atoms with E-state index in [4.69, 9.17) is 9.47 Å². The standard InChI is InChI=1S/C16H29N3O2S.HI/c1-16(2,14-7-5-12-22-14)13-19-15(17-3)18-8-6-9-21-11-10-20-4;/h5,7,12H,6,8-11,13H2,1-4H3,(H2,17,18,19);1H. The number of ether oxygens (including phenoxy) is 2. The van der Waals surface area contributed by atoms with Gasteiger partial charge in [-0.25, -0.2) is 0 Å². The normalized spacial score (nSPS) is 11.9. The lowest BCUT2D eigenvalue weighted by atomic mass is 9.91. The second-order valence-corrected chi connectivity index (χ2v) is 6.62. The predicted molar refractivity (Wildman–Crippen MR) is 109 cm³/mol. The quantitative estimate of drug-likeness (QED) is 0.247.